The predicted molar refractivity (Wildman–Crippen MR) is 63.7 cm³/mol. The van der Waals surface area contributed by atoms with Crippen molar-refractivity contribution in [1.82, 2.24) is 0 Å². The molecule has 0 saturated carbocycles. The van der Waals surface area contributed by atoms with Crippen LogP contribution in [0.5, 0.6) is 0 Å². The largest absolute Gasteiger partial charge is 0.381 e. The zero-order valence-electron chi connectivity index (χ0n) is 10.3. The summed E-state index contributed by atoms with van der Waals surface area (Å²) in [4.78, 5) is 0. The van der Waals surface area contributed by atoms with Crippen LogP contribution in [0.3, 0.4) is 0 Å². The summed E-state index contributed by atoms with van der Waals surface area (Å²) in [5.41, 5.74) is 0. The van der Waals surface area contributed by atoms with E-state index in [9.17, 15) is 0 Å². The highest BCUT2D eigenvalue weighted by atomic mass is 16.5. The van der Waals surface area contributed by atoms with Gasteiger partial charge in [-0.1, -0.05) is 52.9 Å². The van der Waals surface area contributed by atoms with Gasteiger partial charge < -0.3 is 4.74 Å². The minimum atomic E-state index is 0.751. The summed E-state index contributed by atoms with van der Waals surface area (Å²) < 4.78 is 5.64. The lowest BCUT2D eigenvalue weighted by molar-refractivity contribution is 0.0979. The minimum Gasteiger partial charge on any atom is -0.381 e. The Morgan fingerprint density at radius 1 is 0.929 bits per heavy atom. The van der Waals surface area contributed by atoms with E-state index in [1.165, 1.54) is 44.9 Å². The van der Waals surface area contributed by atoms with Crippen molar-refractivity contribution in [2.24, 2.45) is 5.92 Å². The lowest BCUT2D eigenvalue weighted by Gasteiger charge is -2.11. The third-order valence-electron chi connectivity index (χ3n) is 2.60. The second-order valence-electron chi connectivity index (χ2n) is 4.38. The fourth-order valence-corrected chi connectivity index (χ4v) is 1.55. The average molecular weight is 200 g/mol. The van der Waals surface area contributed by atoms with Gasteiger partial charge in [-0.15, -0.1) is 0 Å². The quantitative estimate of drug-likeness (QED) is 0.475. The van der Waals surface area contributed by atoms with Crippen molar-refractivity contribution in [1.29, 1.82) is 0 Å². The van der Waals surface area contributed by atoms with E-state index in [0.717, 1.165) is 19.1 Å². The lowest BCUT2D eigenvalue weighted by atomic mass is 10.1. The summed E-state index contributed by atoms with van der Waals surface area (Å²) in [7, 11) is 0. The first-order valence-corrected chi connectivity index (χ1v) is 6.39. The van der Waals surface area contributed by atoms with Crippen molar-refractivity contribution < 1.29 is 4.74 Å². The molecule has 0 rings (SSSR count). The van der Waals surface area contributed by atoms with Crippen LogP contribution >= 0.6 is 0 Å². The van der Waals surface area contributed by atoms with Crippen LogP contribution in [0.1, 0.15) is 65.7 Å². The maximum absolute atomic E-state index is 5.64. The van der Waals surface area contributed by atoms with E-state index < -0.39 is 0 Å². The normalized spacial score (nSPS) is 13.1. The van der Waals surface area contributed by atoms with E-state index in [1.54, 1.807) is 0 Å². The summed E-state index contributed by atoms with van der Waals surface area (Å²) in [6.07, 6.45) is 9.22. The van der Waals surface area contributed by atoms with E-state index >= 15 is 0 Å². The molecule has 0 aliphatic heterocycles. The fraction of sp³-hybridized carbons (Fsp3) is 1.00. The van der Waals surface area contributed by atoms with E-state index in [4.69, 9.17) is 4.74 Å². The predicted octanol–water partition coefficient (Wildman–Crippen LogP) is 4.41. The third kappa shape index (κ3) is 10.0. The van der Waals surface area contributed by atoms with Crippen LogP contribution in [0.25, 0.3) is 0 Å². The van der Waals surface area contributed by atoms with E-state index in [0.29, 0.717) is 0 Å². The van der Waals surface area contributed by atoms with E-state index in [-0.39, 0.29) is 0 Å². The van der Waals surface area contributed by atoms with E-state index in [1.807, 2.05) is 0 Å². The standard InChI is InChI=1S/C13H28O/c1-4-6-8-9-11-14-12-13(3)10-7-5-2/h13H,4-12H2,1-3H3. The monoisotopic (exact) mass is 200 g/mol. The van der Waals surface area contributed by atoms with Gasteiger partial charge in [0.15, 0.2) is 0 Å². The van der Waals surface area contributed by atoms with Gasteiger partial charge in [-0.05, 0) is 18.8 Å². The topological polar surface area (TPSA) is 9.23 Å². The smallest absolute Gasteiger partial charge is 0.0491 e. The first-order valence-electron chi connectivity index (χ1n) is 6.39. The Bertz CT molecular complexity index is 101. The van der Waals surface area contributed by atoms with Crippen LogP contribution in [-0.2, 0) is 4.74 Å². The molecule has 0 spiro atoms. The molecule has 1 atom stereocenters. The van der Waals surface area contributed by atoms with Gasteiger partial charge in [0.05, 0.1) is 0 Å². The summed E-state index contributed by atoms with van der Waals surface area (Å²) >= 11 is 0. The zero-order chi connectivity index (χ0) is 10.6. The Balaban J connectivity index is 3.02. The van der Waals surface area contributed by atoms with Crippen molar-refractivity contribution >= 4 is 0 Å². The third-order valence-corrected chi connectivity index (χ3v) is 2.60. The fourth-order valence-electron chi connectivity index (χ4n) is 1.55. The summed E-state index contributed by atoms with van der Waals surface area (Å²) in [6, 6.07) is 0. The van der Waals surface area contributed by atoms with Gasteiger partial charge in [0.25, 0.3) is 0 Å². The van der Waals surface area contributed by atoms with Crippen molar-refractivity contribution in [3.63, 3.8) is 0 Å². The van der Waals surface area contributed by atoms with Crippen molar-refractivity contribution in [2.45, 2.75) is 65.7 Å². The van der Waals surface area contributed by atoms with Crippen LogP contribution in [-0.4, -0.2) is 13.2 Å². The van der Waals surface area contributed by atoms with Crippen molar-refractivity contribution in [3.8, 4) is 0 Å². The molecule has 0 amide bonds. The second kappa shape index (κ2) is 11.0. The number of ether oxygens (including phenoxy) is 1. The molecule has 0 N–H and O–H groups in total. The number of hydrogen-bond donors (Lipinski definition) is 0. The molecule has 0 aromatic heterocycles. The molecule has 0 radical (unpaired) electrons. The summed E-state index contributed by atoms with van der Waals surface area (Å²) in [5, 5.41) is 0. The zero-order valence-corrected chi connectivity index (χ0v) is 10.3. The molecule has 0 aromatic carbocycles. The van der Waals surface area contributed by atoms with Gasteiger partial charge in [-0.25, -0.2) is 0 Å². The lowest BCUT2D eigenvalue weighted by Crippen LogP contribution is -2.06. The van der Waals surface area contributed by atoms with E-state index in [2.05, 4.69) is 20.8 Å². The second-order valence-corrected chi connectivity index (χ2v) is 4.38. The molecular weight excluding hydrogens is 172 g/mol. The molecule has 0 aromatic rings. The molecule has 1 heteroatoms. The number of rotatable bonds is 10. The molecule has 0 saturated heterocycles. The van der Waals surface area contributed by atoms with Gasteiger partial charge >= 0.3 is 0 Å². The molecular formula is C13H28O. The summed E-state index contributed by atoms with van der Waals surface area (Å²) in [5.74, 6) is 0.751. The van der Waals surface area contributed by atoms with Crippen LogP contribution in [0.15, 0.2) is 0 Å². The van der Waals surface area contributed by atoms with Crippen LogP contribution in [0.4, 0.5) is 0 Å². The molecule has 1 nitrogen and oxygen atoms in total. The Labute approximate surface area is 90.2 Å². The summed E-state index contributed by atoms with van der Waals surface area (Å²) in [6.45, 7) is 8.72. The maximum Gasteiger partial charge on any atom is 0.0491 e. The van der Waals surface area contributed by atoms with Gasteiger partial charge in [-0.3, -0.25) is 0 Å². The molecule has 0 aliphatic rings. The highest BCUT2D eigenvalue weighted by Gasteiger charge is 2.00. The minimum absolute atomic E-state index is 0.751. The highest BCUT2D eigenvalue weighted by Crippen LogP contribution is 2.08. The Morgan fingerprint density at radius 2 is 1.64 bits per heavy atom. The van der Waals surface area contributed by atoms with Crippen LogP contribution < -0.4 is 0 Å². The molecule has 0 aliphatic carbocycles. The molecule has 14 heavy (non-hydrogen) atoms. The SMILES string of the molecule is CCCCCCOCC(C)CCCC. The van der Waals surface area contributed by atoms with Gasteiger partial charge in [0, 0.05) is 13.2 Å². The Kier molecular flexibility index (Phi) is 11.0. The number of hydrogen-bond acceptors (Lipinski definition) is 1. The Morgan fingerprint density at radius 3 is 2.29 bits per heavy atom. The molecule has 0 heterocycles. The van der Waals surface area contributed by atoms with Crippen molar-refractivity contribution in [3.05, 3.63) is 0 Å². The first-order chi connectivity index (χ1) is 6.81. The Hall–Kier alpha value is -0.0400. The molecule has 1 unspecified atom stereocenters. The molecule has 0 bridgehead atoms. The van der Waals surface area contributed by atoms with Gasteiger partial charge in [-0.2, -0.15) is 0 Å². The van der Waals surface area contributed by atoms with Crippen molar-refractivity contribution in [2.75, 3.05) is 13.2 Å². The van der Waals surface area contributed by atoms with Crippen LogP contribution in [0.2, 0.25) is 0 Å². The molecule has 0 fully saturated rings. The van der Waals surface area contributed by atoms with Crippen LogP contribution in [0, 0.1) is 5.92 Å². The first kappa shape index (κ1) is 14.0. The van der Waals surface area contributed by atoms with Gasteiger partial charge in [0.2, 0.25) is 0 Å². The average Bonchev–Trinajstić information content (AvgIpc) is 2.20. The molecule has 86 valence electrons. The van der Waals surface area contributed by atoms with Gasteiger partial charge in [0.1, 0.15) is 0 Å². The number of unbranched alkanes of at least 4 members (excludes halogenated alkanes) is 4. The highest BCUT2D eigenvalue weighted by molar-refractivity contribution is 4.51. The maximum atomic E-state index is 5.64.